The van der Waals surface area contributed by atoms with E-state index in [2.05, 4.69) is 5.10 Å². The normalized spacial score (nSPS) is 16.6. The molecule has 0 N–H and O–H groups in total. The molecule has 3 aromatic rings. The van der Waals surface area contributed by atoms with Crippen molar-refractivity contribution in [1.29, 1.82) is 0 Å². The molecule has 2 aromatic carbocycles. The Kier molecular flexibility index (Phi) is 4.13. The minimum atomic E-state index is -0.447. The lowest BCUT2D eigenvalue weighted by Gasteiger charge is -2.22. The van der Waals surface area contributed by atoms with Crippen LogP contribution in [0.15, 0.2) is 76.4 Å². The summed E-state index contributed by atoms with van der Waals surface area (Å²) in [4.78, 5) is 13.0. The number of hydrogen-bond donors (Lipinski definition) is 0. The number of furan rings is 1. The van der Waals surface area contributed by atoms with Gasteiger partial charge in [0.15, 0.2) is 0 Å². The molecule has 0 bridgehead atoms. The fourth-order valence-corrected chi connectivity index (χ4v) is 3.18. The van der Waals surface area contributed by atoms with E-state index in [9.17, 15) is 9.18 Å². The second kappa shape index (κ2) is 6.59. The maximum Gasteiger partial charge on any atom is 0.274 e. The molecule has 5 heteroatoms. The van der Waals surface area contributed by atoms with Gasteiger partial charge >= 0.3 is 0 Å². The van der Waals surface area contributed by atoms with Crippen LogP contribution in [0.4, 0.5) is 4.39 Å². The summed E-state index contributed by atoms with van der Waals surface area (Å²) in [7, 11) is 0. The highest BCUT2D eigenvalue weighted by atomic mass is 19.1. The first-order valence-corrected chi connectivity index (χ1v) is 8.39. The number of halogens is 1. The van der Waals surface area contributed by atoms with Crippen molar-refractivity contribution in [2.45, 2.75) is 19.4 Å². The Labute approximate surface area is 150 Å². The molecule has 0 fully saturated rings. The molecule has 0 aliphatic carbocycles. The van der Waals surface area contributed by atoms with Gasteiger partial charge in [-0.3, -0.25) is 4.79 Å². The number of nitrogens with zero attached hydrogens (tertiary/aromatic N) is 2. The van der Waals surface area contributed by atoms with Crippen LogP contribution in [0, 0.1) is 12.7 Å². The molecule has 4 nitrogen and oxygen atoms in total. The van der Waals surface area contributed by atoms with Gasteiger partial charge in [0.1, 0.15) is 17.3 Å². The number of rotatable bonds is 3. The molecule has 4 rings (SSSR count). The number of hydrazone groups is 1. The van der Waals surface area contributed by atoms with Gasteiger partial charge in [-0.1, -0.05) is 35.9 Å². The maximum atomic E-state index is 13.6. The van der Waals surface area contributed by atoms with Crippen molar-refractivity contribution in [2.75, 3.05) is 0 Å². The lowest BCUT2D eigenvalue weighted by molar-refractivity contribution is 0.0710. The van der Waals surface area contributed by atoms with Crippen LogP contribution < -0.4 is 0 Å². The van der Waals surface area contributed by atoms with Crippen LogP contribution in [-0.2, 0) is 0 Å². The highest BCUT2D eigenvalue weighted by Crippen LogP contribution is 2.34. The van der Waals surface area contributed by atoms with Crippen LogP contribution in [0.3, 0.4) is 0 Å². The zero-order chi connectivity index (χ0) is 18.1. The quantitative estimate of drug-likeness (QED) is 0.687. The Bertz CT molecular complexity index is 979. The first-order valence-electron chi connectivity index (χ1n) is 8.39. The predicted octanol–water partition coefficient (Wildman–Crippen LogP) is 4.72. The second-order valence-corrected chi connectivity index (χ2v) is 6.32. The molecule has 26 heavy (non-hydrogen) atoms. The molecule has 0 radical (unpaired) electrons. The van der Waals surface area contributed by atoms with Crippen LogP contribution in [-0.4, -0.2) is 16.6 Å². The fraction of sp³-hybridized carbons (Fsp3) is 0.143. The van der Waals surface area contributed by atoms with Gasteiger partial charge in [-0.25, -0.2) is 9.40 Å². The molecule has 1 aliphatic heterocycles. The predicted molar refractivity (Wildman–Crippen MR) is 96.4 cm³/mol. The molecular formula is C21H17FN2O2. The summed E-state index contributed by atoms with van der Waals surface area (Å²) in [6, 6.07) is 17.0. The summed E-state index contributed by atoms with van der Waals surface area (Å²) in [5.41, 5.74) is 3.06. The standard InChI is InChI=1S/C21H17FN2O2/c1-14-5-2-6-15(11-14)19-13-18(20-9-4-10-26-20)23-24(19)21(25)16-7-3-8-17(22)12-16/h2-12,19H,13H2,1H3/t19-/m0/s1. The summed E-state index contributed by atoms with van der Waals surface area (Å²) in [6.45, 7) is 2.01. The van der Waals surface area contributed by atoms with E-state index < -0.39 is 5.82 Å². The third-order valence-corrected chi connectivity index (χ3v) is 4.42. The van der Waals surface area contributed by atoms with Gasteiger partial charge in [0.05, 0.1) is 12.3 Å². The molecule has 0 saturated heterocycles. The van der Waals surface area contributed by atoms with Crippen molar-refractivity contribution >= 4 is 11.6 Å². The summed E-state index contributed by atoms with van der Waals surface area (Å²) >= 11 is 0. The number of carbonyl (C=O) groups is 1. The van der Waals surface area contributed by atoms with Crippen molar-refractivity contribution < 1.29 is 13.6 Å². The Morgan fingerprint density at radius 3 is 2.73 bits per heavy atom. The molecule has 2 heterocycles. The maximum absolute atomic E-state index is 13.6. The number of benzene rings is 2. The van der Waals surface area contributed by atoms with E-state index in [4.69, 9.17) is 4.42 Å². The minimum absolute atomic E-state index is 0.259. The third kappa shape index (κ3) is 3.04. The van der Waals surface area contributed by atoms with E-state index >= 15 is 0 Å². The molecular weight excluding hydrogens is 331 g/mol. The fourth-order valence-electron chi connectivity index (χ4n) is 3.18. The van der Waals surface area contributed by atoms with Crippen molar-refractivity contribution in [1.82, 2.24) is 5.01 Å². The number of amides is 1. The van der Waals surface area contributed by atoms with Crippen molar-refractivity contribution in [3.63, 3.8) is 0 Å². The summed E-state index contributed by atoms with van der Waals surface area (Å²) in [5.74, 6) is -0.146. The lowest BCUT2D eigenvalue weighted by Crippen LogP contribution is -2.27. The highest BCUT2D eigenvalue weighted by Gasteiger charge is 2.34. The van der Waals surface area contributed by atoms with Gasteiger partial charge in [0.2, 0.25) is 0 Å². The Morgan fingerprint density at radius 1 is 1.15 bits per heavy atom. The molecule has 0 spiro atoms. The van der Waals surface area contributed by atoms with Crippen LogP contribution in [0.25, 0.3) is 0 Å². The molecule has 1 amide bonds. The van der Waals surface area contributed by atoms with Crippen LogP contribution >= 0.6 is 0 Å². The molecule has 1 aliphatic rings. The van der Waals surface area contributed by atoms with Gasteiger partial charge in [-0.2, -0.15) is 5.10 Å². The molecule has 0 unspecified atom stereocenters. The number of aryl methyl sites for hydroxylation is 1. The molecule has 1 aromatic heterocycles. The summed E-state index contributed by atoms with van der Waals surface area (Å²) < 4.78 is 19.0. The smallest absolute Gasteiger partial charge is 0.274 e. The topological polar surface area (TPSA) is 45.8 Å². The zero-order valence-electron chi connectivity index (χ0n) is 14.2. The SMILES string of the molecule is Cc1cccc([C@@H]2CC(c3ccco3)=NN2C(=O)c2cccc(F)c2)c1. The van der Waals surface area contributed by atoms with Crippen molar-refractivity contribution in [3.8, 4) is 0 Å². The van der Waals surface area contributed by atoms with E-state index in [0.717, 1.165) is 11.1 Å². The largest absolute Gasteiger partial charge is 0.463 e. The molecule has 1 atom stereocenters. The monoisotopic (exact) mass is 348 g/mol. The van der Waals surface area contributed by atoms with Gasteiger partial charge in [0.25, 0.3) is 5.91 Å². The van der Waals surface area contributed by atoms with Crippen molar-refractivity contribution in [3.05, 3.63) is 95.2 Å². The zero-order valence-corrected chi connectivity index (χ0v) is 14.2. The summed E-state index contributed by atoms with van der Waals surface area (Å²) in [5, 5.41) is 5.94. The van der Waals surface area contributed by atoms with E-state index in [0.29, 0.717) is 17.9 Å². The van der Waals surface area contributed by atoms with Gasteiger partial charge < -0.3 is 4.42 Å². The van der Waals surface area contributed by atoms with Crippen molar-refractivity contribution in [2.24, 2.45) is 5.10 Å². The van der Waals surface area contributed by atoms with E-state index in [-0.39, 0.29) is 17.5 Å². The number of carbonyl (C=O) groups excluding carboxylic acids is 1. The van der Waals surface area contributed by atoms with Gasteiger partial charge in [-0.15, -0.1) is 0 Å². The van der Waals surface area contributed by atoms with E-state index in [1.807, 2.05) is 37.3 Å². The van der Waals surface area contributed by atoms with E-state index in [1.54, 1.807) is 18.4 Å². The third-order valence-electron chi connectivity index (χ3n) is 4.42. The van der Waals surface area contributed by atoms with E-state index in [1.165, 1.54) is 23.2 Å². The Morgan fingerprint density at radius 2 is 2.00 bits per heavy atom. The summed E-state index contributed by atoms with van der Waals surface area (Å²) in [6.07, 6.45) is 2.12. The van der Waals surface area contributed by atoms with Gasteiger partial charge in [-0.05, 0) is 42.8 Å². The lowest BCUT2D eigenvalue weighted by atomic mass is 9.99. The number of hydrogen-bond acceptors (Lipinski definition) is 3. The molecule has 130 valence electrons. The second-order valence-electron chi connectivity index (χ2n) is 6.32. The highest BCUT2D eigenvalue weighted by molar-refractivity contribution is 6.03. The van der Waals surface area contributed by atoms with Gasteiger partial charge in [0, 0.05) is 12.0 Å². The Hall–Kier alpha value is -3.21. The average Bonchev–Trinajstić information content (AvgIpc) is 3.30. The Balaban J connectivity index is 1.74. The van der Waals surface area contributed by atoms with Crippen LogP contribution in [0.2, 0.25) is 0 Å². The molecule has 0 saturated carbocycles. The first kappa shape index (κ1) is 16.3. The van der Waals surface area contributed by atoms with Crippen LogP contribution in [0.1, 0.15) is 39.7 Å². The minimum Gasteiger partial charge on any atom is -0.463 e. The van der Waals surface area contributed by atoms with Crippen LogP contribution in [0.5, 0.6) is 0 Å². The first-order chi connectivity index (χ1) is 12.6. The average molecular weight is 348 g/mol.